The molecule has 0 saturated carbocycles. The maximum absolute atomic E-state index is 12.3. The third kappa shape index (κ3) is 5.11. The van der Waals surface area contributed by atoms with E-state index in [1.165, 1.54) is 0 Å². The SMILES string of the molecule is O=C(NCC(c1ccccc1Cl)N1CCOCC1)Nc1ccc(Cl)cc1. The van der Waals surface area contributed by atoms with Crippen molar-refractivity contribution in [1.82, 2.24) is 10.2 Å². The van der Waals surface area contributed by atoms with Crippen molar-refractivity contribution >= 4 is 34.9 Å². The first-order valence-corrected chi connectivity index (χ1v) is 9.26. The zero-order valence-electron chi connectivity index (χ0n) is 14.3. The van der Waals surface area contributed by atoms with Gasteiger partial charge in [-0.15, -0.1) is 0 Å². The maximum atomic E-state index is 12.3. The predicted octanol–water partition coefficient (Wildman–Crippen LogP) is 4.19. The molecule has 2 aromatic carbocycles. The van der Waals surface area contributed by atoms with E-state index in [1.807, 2.05) is 24.3 Å². The molecule has 26 heavy (non-hydrogen) atoms. The number of carbonyl (C=O) groups excluding carboxylic acids is 1. The van der Waals surface area contributed by atoms with Crippen molar-refractivity contribution in [3.8, 4) is 0 Å². The van der Waals surface area contributed by atoms with Gasteiger partial charge in [0, 0.05) is 35.4 Å². The molecule has 1 aliphatic rings. The largest absolute Gasteiger partial charge is 0.379 e. The lowest BCUT2D eigenvalue weighted by Crippen LogP contribution is -2.44. The van der Waals surface area contributed by atoms with Gasteiger partial charge in [0.05, 0.1) is 19.3 Å². The number of hydrogen-bond acceptors (Lipinski definition) is 3. The Bertz CT molecular complexity index is 734. The second-order valence-electron chi connectivity index (χ2n) is 6.03. The Kier molecular flexibility index (Phi) is 6.74. The third-order valence-corrected chi connectivity index (χ3v) is 4.90. The van der Waals surface area contributed by atoms with Crippen LogP contribution in [0.3, 0.4) is 0 Å². The Labute approximate surface area is 163 Å². The van der Waals surface area contributed by atoms with E-state index in [9.17, 15) is 4.79 Å². The summed E-state index contributed by atoms with van der Waals surface area (Å²) in [6.45, 7) is 3.41. The summed E-state index contributed by atoms with van der Waals surface area (Å²) < 4.78 is 5.45. The third-order valence-electron chi connectivity index (χ3n) is 4.31. The highest BCUT2D eigenvalue weighted by Gasteiger charge is 2.24. The minimum atomic E-state index is -0.266. The second-order valence-corrected chi connectivity index (χ2v) is 6.87. The molecule has 1 saturated heterocycles. The number of hydrogen-bond donors (Lipinski definition) is 2. The molecule has 1 aliphatic heterocycles. The second kappa shape index (κ2) is 9.24. The minimum absolute atomic E-state index is 0.0106. The maximum Gasteiger partial charge on any atom is 0.319 e. The molecule has 2 amide bonds. The Morgan fingerprint density at radius 2 is 1.77 bits per heavy atom. The summed E-state index contributed by atoms with van der Waals surface area (Å²) in [6, 6.07) is 14.4. The topological polar surface area (TPSA) is 53.6 Å². The molecule has 0 radical (unpaired) electrons. The number of nitrogens with zero attached hydrogens (tertiary/aromatic N) is 1. The molecule has 3 rings (SSSR count). The van der Waals surface area contributed by atoms with Crippen molar-refractivity contribution in [3.63, 3.8) is 0 Å². The van der Waals surface area contributed by atoms with Crippen LogP contribution >= 0.6 is 23.2 Å². The van der Waals surface area contributed by atoms with Crippen LogP contribution in [0.1, 0.15) is 11.6 Å². The smallest absolute Gasteiger partial charge is 0.319 e. The lowest BCUT2D eigenvalue weighted by Gasteiger charge is -2.35. The average Bonchev–Trinajstić information content (AvgIpc) is 2.66. The van der Waals surface area contributed by atoms with Gasteiger partial charge in [0.2, 0.25) is 0 Å². The summed E-state index contributed by atoms with van der Waals surface area (Å²) in [5, 5.41) is 7.08. The van der Waals surface area contributed by atoms with Crippen LogP contribution in [0, 0.1) is 0 Å². The molecule has 5 nitrogen and oxygen atoms in total. The summed E-state index contributed by atoms with van der Waals surface area (Å²) in [6.07, 6.45) is 0. The quantitative estimate of drug-likeness (QED) is 0.800. The van der Waals surface area contributed by atoms with Crippen LogP contribution in [0.4, 0.5) is 10.5 Å². The van der Waals surface area contributed by atoms with Gasteiger partial charge >= 0.3 is 6.03 Å². The van der Waals surface area contributed by atoms with Crippen molar-refractivity contribution < 1.29 is 9.53 Å². The Morgan fingerprint density at radius 3 is 2.46 bits per heavy atom. The van der Waals surface area contributed by atoms with Crippen LogP contribution < -0.4 is 10.6 Å². The summed E-state index contributed by atoms with van der Waals surface area (Å²) in [5.74, 6) is 0. The van der Waals surface area contributed by atoms with Crippen molar-refractivity contribution in [2.45, 2.75) is 6.04 Å². The zero-order chi connectivity index (χ0) is 18.4. The number of benzene rings is 2. The molecule has 7 heteroatoms. The number of ether oxygens (including phenoxy) is 1. The average molecular weight is 394 g/mol. The highest BCUT2D eigenvalue weighted by atomic mass is 35.5. The number of halogens is 2. The molecule has 2 aromatic rings. The molecule has 0 spiro atoms. The number of rotatable bonds is 5. The molecule has 138 valence electrons. The standard InChI is InChI=1S/C19H21Cl2N3O2/c20-14-5-7-15(8-6-14)23-19(25)22-13-18(24-9-11-26-12-10-24)16-3-1-2-4-17(16)21/h1-8,18H,9-13H2,(H2,22,23,25). The van der Waals surface area contributed by atoms with Crippen molar-refractivity contribution in [1.29, 1.82) is 0 Å². The highest BCUT2D eigenvalue weighted by molar-refractivity contribution is 6.31. The highest BCUT2D eigenvalue weighted by Crippen LogP contribution is 2.27. The Hall–Kier alpha value is -1.79. The van der Waals surface area contributed by atoms with Crippen LogP contribution in [-0.4, -0.2) is 43.8 Å². The van der Waals surface area contributed by atoms with Gasteiger partial charge in [-0.1, -0.05) is 41.4 Å². The first kappa shape index (κ1) is 19.0. The van der Waals surface area contributed by atoms with E-state index in [-0.39, 0.29) is 12.1 Å². The van der Waals surface area contributed by atoms with Crippen LogP contribution in [0.5, 0.6) is 0 Å². The van der Waals surface area contributed by atoms with Gasteiger partial charge in [-0.05, 0) is 35.9 Å². The molecule has 1 heterocycles. The molecule has 1 unspecified atom stereocenters. The zero-order valence-corrected chi connectivity index (χ0v) is 15.8. The monoisotopic (exact) mass is 393 g/mol. The Morgan fingerprint density at radius 1 is 1.08 bits per heavy atom. The van der Waals surface area contributed by atoms with Crippen LogP contribution in [-0.2, 0) is 4.74 Å². The van der Waals surface area contributed by atoms with E-state index < -0.39 is 0 Å². The lowest BCUT2D eigenvalue weighted by atomic mass is 10.0. The van der Waals surface area contributed by atoms with Crippen molar-refractivity contribution in [3.05, 3.63) is 64.1 Å². The van der Waals surface area contributed by atoms with E-state index in [0.29, 0.717) is 35.5 Å². The van der Waals surface area contributed by atoms with Gasteiger partial charge in [0.1, 0.15) is 0 Å². The van der Waals surface area contributed by atoms with Gasteiger partial charge < -0.3 is 15.4 Å². The summed E-state index contributed by atoms with van der Waals surface area (Å²) >= 11 is 12.3. The molecular formula is C19H21Cl2N3O2. The van der Waals surface area contributed by atoms with Gasteiger partial charge in [-0.2, -0.15) is 0 Å². The summed E-state index contributed by atoms with van der Waals surface area (Å²) in [7, 11) is 0. The van der Waals surface area contributed by atoms with E-state index in [0.717, 1.165) is 18.7 Å². The summed E-state index contributed by atoms with van der Waals surface area (Å²) in [5.41, 5.74) is 1.69. The number of carbonyl (C=O) groups is 1. The van der Waals surface area contributed by atoms with Gasteiger partial charge in [-0.25, -0.2) is 4.79 Å². The van der Waals surface area contributed by atoms with E-state index in [1.54, 1.807) is 24.3 Å². The van der Waals surface area contributed by atoms with Crippen molar-refractivity contribution in [2.75, 3.05) is 38.2 Å². The Balaban J connectivity index is 1.66. The van der Waals surface area contributed by atoms with Gasteiger partial charge in [0.25, 0.3) is 0 Å². The number of anilines is 1. The minimum Gasteiger partial charge on any atom is -0.379 e. The fourth-order valence-electron chi connectivity index (χ4n) is 2.97. The van der Waals surface area contributed by atoms with Crippen LogP contribution in [0.15, 0.2) is 48.5 Å². The fraction of sp³-hybridized carbons (Fsp3) is 0.316. The number of nitrogens with one attached hydrogen (secondary N) is 2. The van der Waals surface area contributed by atoms with Crippen molar-refractivity contribution in [2.24, 2.45) is 0 Å². The molecule has 0 bridgehead atoms. The number of amides is 2. The van der Waals surface area contributed by atoms with E-state index >= 15 is 0 Å². The lowest BCUT2D eigenvalue weighted by molar-refractivity contribution is 0.0168. The van der Waals surface area contributed by atoms with E-state index in [4.69, 9.17) is 27.9 Å². The van der Waals surface area contributed by atoms with Gasteiger partial charge in [0.15, 0.2) is 0 Å². The molecule has 0 aromatic heterocycles. The first-order valence-electron chi connectivity index (χ1n) is 8.50. The number of urea groups is 1. The van der Waals surface area contributed by atoms with Crippen LogP contribution in [0.2, 0.25) is 10.0 Å². The van der Waals surface area contributed by atoms with Gasteiger partial charge in [-0.3, -0.25) is 4.90 Å². The molecule has 1 atom stereocenters. The molecule has 2 N–H and O–H groups in total. The number of morpholine rings is 1. The van der Waals surface area contributed by atoms with E-state index in [2.05, 4.69) is 15.5 Å². The van der Waals surface area contributed by atoms with Crippen LogP contribution in [0.25, 0.3) is 0 Å². The molecule has 1 fully saturated rings. The molecular weight excluding hydrogens is 373 g/mol. The molecule has 0 aliphatic carbocycles. The summed E-state index contributed by atoms with van der Waals surface area (Å²) in [4.78, 5) is 14.6. The predicted molar refractivity (Wildman–Crippen MR) is 105 cm³/mol. The first-order chi connectivity index (χ1) is 12.6. The fourth-order valence-corrected chi connectivity index (χ4v) is 3.36. The normalized spacial score (nSPS) is 16.1.